The van der Waals surface area contributed by atoms with Gasteiger partial charge in [0.1, 0.15) is 5.69 Å². The number of ether oxygens (including phenoxy) is 1. The molecule has 27 heavy (non-hydrogen) atoms. The van der Waals surface area contributed by atoms with Crippen LogP contribution in [-0.4, -0.2) is 59.9 Å². The first-order chi connectivity index (χ1) is 12.9. The van der Waals surface area contributed by atoms with Crippen molar-refractivity contribution in [3.8, 4) is 0 Å². The number of nitrogens with one attached hydrogen (secondary N) is 1. The molecule has 1 aliphatic rings. The second-order valence-corrected chi connectivity index (χ2v) is 7.11. The molecule has 144 valence electrons. The zero-order valence-electron chi connectivity index (χ0n) is 16.5. The SMILES string of the molecule is COC(=O)c1c(C)[nH]c(C(=O)N2CCN(Cc3ccccc3C)CC2)c1C. The van der Waals surface area contributed by atoms with Crippen molar-refractivity contribution in [3.63, 3.8) is 0 Å². The van der Waals surface area contributed by atoms with Crippen LogP contribution >= 0.6 is 0 Å². The number of rotatable bonds is 4. The quantitative estimate of drug-likeness (QED) is 0.842. The van der Waals surface area contributed by atoms with Crippen molar-refractivity contribution in [2.24, 2.45) is 0 Å². The summed E-state index contributed by atoms with van der Waals surface area (Å²) in [4.78, 5) is 32.2. The van der Waals surface area contributed by atoms with Crippen LogP contribution in [-0.2, 0) is 11.3 Å². The molecule has 0 radical (unpaired) electrons. The minimum absolute atomic E-state index is 0.0544. The molecule has 1 aromatic carbocycles. The van der Waals surface area contributed by atoms with Crippen molar-refractivity contribution >= 4 is 11.9 Å². The monoisotopic (exact) mass is 369 g/mol. The lowest BCUT2D eigenvalue weighted by Gasteiger charge is -2.35. The first kappa shape index (κ1) is 19.2. The van der Waals surface area contributed by atoms with Crippen molar-refractivity contribution in [1.29, 1.82) is 0 Å². The maximum Gasteiger partial charge on any atom is 0.339 e. The first-order valence-electron chi connectivity index (χ1n) is 9.26. The Kier molecular flexibility index (Phi) is 5.65. The number of aromatic nitrogens is 1. The van der Waals surface area contributed by atoms with Crippen molar-refractivity contribution in [2.45, 2.75) is 27.3 Å². The number of piperazine rings is 1. The number of methoxy groups -OCH3 is 1. The predicted octanol–water partition coefficient (Wildman–Crippen LogP) is 2.68. The molecule has 0 unspecified atom stereocenters. The molecule has 1 N–H and O–H groups in total. The number of carbonyl (C=O) groups excluding carboxylic acids is 2. The third-order valence-corrected chi connectivity index (χ3v) is 5.36. The van der Waals surface area contributed by atoms with Gasteiger partial charge in [0.05, 0.1) is 12.7 Å². The highest BCUT2D eigenvalue weighted by Gasteiger charge is 2.28. The number of carbonyl (C=O) groups is 2. The van der Waals surface area contributed by atoms with E-state index in [1.165, 1.54) is 18.2 Å². The van der Waals surface area contributed by atoms with Gasteiger partial charge in [-0.3, -0.25) is 9.69 Å². The van der Waals surface area contributed by atoms with Crippen LogP contribution in [0.5, 0.6) is 0 Å². The van der Waals surface area contributed by atoms with Gasteiger partial charge in [-0.2, -0.15) is 0 Å². The number of esters is 1. The Morgan fingerprint density at radius 2 is 1.74 bits per heavy atom. The van der Waals surface area contributed by atoms with E-state index in [1.807, 2.05) is 4.90 Å². The zero-order valence-corrected chi connectivity index (χ0v) is 16.5. The van der Waals surface area contributed by atoms with E-state index in [1.54, 1.807) is 13.8 Å². The molecule has 1 fully saturated rings. The molecule has 0 atom stereocenters. The summed E-state index contributed by atoms with van der Waals surface area (Å²) in [5.74, 6) is -0.468. The number of nitrogens with zero attached hydrogens (tertiary/aromatic N) is 2. The molecule has 2 heterocycles. The molecule has 0 saturated carbocycles. The highest BCUT2D eigenvalue weighted by molar-refractivity contribution is 6.00. The van der Waals surface area contributed by atoms with Crippen LogP contribution in [0, 0.1) is 20.8 Å². The Labute approximate surface area is 160 Å². The molecule has 3 rings (SSSR count). The minimum atomic E-state index is -0.414. The summed E-state index contributed by atoms with van der Waals surface area (Å²) in [6, 6.07) is 8.41. The van der Waals surface area contributed by atoms with Gasteiger partial charge >= 0.3 is 5.97 Å². The topological polar surface area (TPSA) is 65.6 Å². The van der Waals surface area contributed by atoms with Gasteiger partial charge in [-0.1, -0.05) is 24.3 Å². The zero-order chi connectivity index (χ0) is 19.6. The maximum atomic E-state index is 12.9. The standard InChI is InChI=1S/C21H27N3O3/c1-14-7-5-6-8-17(14)13-23-9-11-24(12-10-23)20(25)19-15(2)18(16(3)22-19)21(26)27-4/h5-8,22H,9-13H2,1-4H3. The number of aryl methyl sites for hydroxylation is 2. The van der Waals surface area contributed by atoms with Crippen LogP contribution in [0.25, 0.3) is 0 Å². The summed E-state index contributed by atoms with van der Waals surface area (Å²) in [5.41, 5.74) is 4.89. The summed E-state index contributed by atoms with van der Waals surface area (Å²) in [6.45, 7) is 9.64. The second kappa shape index (κ2) is 7.96. The van der Waals surface area contributed by atoms with Gasteiger partial charge in [-0.05, 0) is 37.5 Å². The van der Waals surface area contributed by atoms with Crippen LogP contribution in [0.4, 0.5) is 0 Å². The fraction of sp³-hybridized carbons (Fsp3) is 0.429. The lowest BCUT2D eigenvalue weighted by Crippen LogP contribution is -2.48. The molecule has 0 aliphatic carbocycles. The lowest BCUT2D eigenvalue weighted by atomic mass is 10.1. The lowest BCUT2D eigenvalue weighted by molar-refractivity contribution is 0.0599. The van der Waals surface area contributed by atoms with Gasteiger partial charge in [-0.25, -0.2) is 4.79 Å². The van der Waals surface area contributed by atoms with Crippen molar-refractivity contribution in [2.75, 3.05) is 33.3 Å². The van der Waals surface area contributed by atoms with E-state index in [9.17, 15) is 9.59 Å². The van der Waals surface area contributed by atoms with Crippen LogP contribution in [0.1, 0.15) is 43.2 Å². The molecule has 1 aliphatic heterocycles. The van der Waals surface area contributed by atoms with Crippen molar-refractivity contribution in [1.82, 2.24) is 14.8 Å². The molecule has 1 saturated heterocycles. The Hall–Kier alpha value is -2.60. The van der Waals surface area contributed by atoms with E-state index in [2.05, 4.69) is 41.1 Å². The molecule has 0 bridgehead atoms. The van der Waals surface area contributed by atoms with Gasteiger partial charge in [0.15, 0.2) is 0 Å². The van der Waals surface area contributed by atoms with Crippen LogP contribution in [0.2, 0.25) is 0 Å². The molecule has 6 heteroatoms. The number of aromatic amines is 1. The van der Waals surface area contributed by atoms with E-state index in [0.717, 1.165) is 19.6 Å². The summed E-state index contributed by atoms with van der Waals surface area (Å²) in [5, 5.41) is 0. The third-order valence-electron chi connectivity index (χ3n) is 5.36. The largest absolute Gasteiger partial charge is 0.465 e. The highest BCUT2D eigenvalue weighted by Crippen LogP contribution is 2.21. The van der Waals surface area contributed by atoms with Crippen LogP contribution in [0.3, 0.4) is 0 Å². The van der Waals surface area contributed by atoms with E-state index in [-0.39, 0.29) is 5.91 Å². The average Bonchev–Trinajstić information content (AvgIpc) is 2.97. The van der Waals surface area contributed by atoms with Gasteiger partial charge in [-0.15, -0.1) is 0 Å². The maximum absolute atomic E-state index is 12.9. The normalized spacial score (nSPS) is 15.0. The fourth-order valence-electron chi connectivity index (χ4n) is 3.67. The Balaban J connectivity index is 1.65. The third kappa shape index (κ3) is 3.90. The second-order valence-electron chi connectivity index (χ2n) is 7.11. The van der Waals surface area contributed by atoms with Crippen molar-refractivity contribution < 1.29 is 14.3 Å². The van der Waals surface area contributed by atoms with E-state index >= 15 is 0 Å². The molecule has 1 aromatic heterocycles. The molecule has 0 spiro atoms. The molecule has 2 aromatic rings. The Bertz CT molecular complexity index is 848. The smallest absolute Gasteiger partial charge is 0.339 e. The summed E-state index contributed by atoms with van der Waals surface area (Å²) >= 11 is 0. The van der Waals surface area contributed by atoms with E-state index in [0.29, 0.717) is 35.6 Å². The van der Waals surface area contributed by atoms with Gasteiger partial charge in [0.2, 0.25) is 0 Å². The number of hydrogen-bond donors (Lipinski definition) is 1. The fourth-order valence-corrected chi connectivity index (χ4v) is 3.67. The van der Waals surface area contributed by atoms with E-state index in [4.69, 9.17) is 4.74 Å². The van der Waals surface area contributed by atoms with E-state index < -0.39 is 5.97 Å². The molecule has 1 amide bonds. The number of benzene rings is 1. The average molecular weight is 369 g/mol. The van der Waals surface area contributed by atoms with Gasteiger partial charge in [0, 0.05) is 38.4 Å². The van der Waals surface area contributed by atoms with Crippen molar-refractivity contribution in [3.05, 3.63) is 57.9 Å². The molecule has 6 nitrogen and oxygen atoms in total. The van der Waals surface area contributed by atoms with Crippen LogP contribution in [0.15, 0.2) is 24.3 Å². The summed E-state index contributed by atoms with van der Waals surface area (Å²) in [6.07, 6.45) is 0. The summed E-state index contributed by atoms with van der Waals surface area (Å²) < 4.78 is 4.83. The Morgan fingerprint density at radius 1 is 1.07 bits per heavy atom. The predicted molar refractivity (Wildman–Crippen MR) is 104 cm³/mol. The number of hydrogen-bond acceptors (Lipinski definition) is 4. The number of amides is 1. The van der Waals surface area contributed by atoms with Crippen LogP contribution < -0.4 is 0 Å². The molecular formula is C21H27N3O3. The number of H-pyrrole nitrogens is 1. The molecular weight excluding hydrogens is 342 g/mol. The Morgan fingerprint density at radius 3 is 2.37 bits per heavy atom. The van der Waals surface area contributed by atoms with Gasteiger partial charge in [0.25, 0.3) is 5.91 Å². The summed E-state index contributed by atoms with van der Waals surface area (Å²) in [7, 11) is 1.35. The highest BCUT2D eigenvalue weighted by atomic mass is 16.5. The van der Waals surface area contributed by atoms with Gasteiger partial charge < -0.3 is 14.6 Å². The first-order valence-corrected chi connectivity index (χ1v) is 9.26. The minimum Gasteiger partial charge on any atom is -0.465 e.